The number of rotatable bonds is 6. The standard InChI is InChI=1S/C11H16BrN3O3S/c1-7(14-2)6-15-19(17,18)10-4-8(11(13)16)3-9(12)5-10/h3-5,7,14-15H,6H2,1-2H3,(H2,13,16). The minimum atomic E-state index is -3.67. The Morgan fingerprint density at radius 3 is 2.58 bits per heavy atom. The van der Waals surface area contributed by atoms with Gasteiger partial charge in [0.2, 0.25) is 15.9 Å². The van der Waals surface area contributed by atoms with Gasteiger partial charge in [-0.2, -0.15) is 0 Å². The molecule has 0 bridgehead atoms. The fourth-order valence-electron chi connectivity index (χ4n) is 1.28. The van der Waals surface area contributed by atoms with Crippen LogP contribution in [-0.4, -0.2) is 34.0 Å². The second kappa shape index (κ2) is 6.47. The number of hydrogen-bond acceptors (Lipinski definition) is 4. The Bertz CT molecular complexity index is 575. The van der Waals surface area contributed by atoms with Gasteiger partial charge in [-0.05, 0) is 32.2 Å². The van der Waals surface area contributed by atoms with Crippen LogP contribution in [0.5, 0.6) is 0 Å². The van der Waals surface area contributed by atoms with Crippen molar-refractivity contribution in [2.24, 2.45) is 5.73 Å². The lowest BCUT2D eigenvalue weighted by Crippen LogP contribution is -2.37. The van der Waals surface area contributed by atoms with Crippen LogP contribution in [0.2, 0.25) is 0 Å². The summed E-state index contributed by atoms with van der Waals surface area (Å²) >= 11 is 3.16. The summed E-state index contributed by atoms with van der Waals surface area (Å²) in [6.45, 7) is 2.09. The van der Waals surface area contributed by atoms with E-state index in [1.807, 2.05) is 6.92 Å². The molecule has 0 aromatic heterocycles. The van der Waals surface area contributed by atoms with Crippen molar-refractivity contribution in [3.8, 4) is 0 Å². The van der Waals surface area contributed by atoms with Gasteiger partial charge in [-0.15, -0.1) is 0 Å². The molecule has 0 saturated heterocycles. The molecule has 0 fully saturated rings. The minimum absolute atomic E-state index is 0.000946. The van der Waals surface area contributed by atoms with Crippen LogP contribution < -0.4 is 15.8 Å². The number of carbonyl (C=O) groups excluding carboxylic acids is 1. The van der Waals surface area contributed by atoms with E-state index in [1.165, 1.54) is 18.2 Å². The second-order valence-electron chi connectivity index (χ2n) is 4.08. The lowest BCUT2D eigenvalue weighted by atomic mass is 10.2. The Morgan fingerprint density at radius 1 is 1.42 bits per heavy atom. The molecule has 0 radical (unpaired) electrons. The second-order valence-corrected chi connectivity index (χ2v) is 6.76. The zero-order chi connectivity index (χ0) is 14.6. The Hall–Kier alpha value is -0.960. The number of amides is 1. The summed E-state index contributed by atoms with van der Waals surface area (Å²) < 4.78 is 27.1. The number of benzene rings is 1. The van der Waals surface area contributed by atoms with Crippen LogP contribution in [0.4, 0.5) is 0 Å². The van der Waals surface area contributed by atoms with Gasteiger partial charge in [-0.3, -0.25) is 4.79 Å². The molecule has 0 aliphatic rings. The first-order valence-corrected chi connectivity index (χ1v) is 7.81. The first-order chi connectivity index (χ1) is 8.76. The Balaban J connectivity index is 3.04. The zero-order valence-corrected chi connectivity index (χ0v) is 13.0. The maximum absolute atomic E-state index is 12.1. The van der Waals surface area contributed by atoms with Gasteiger partial charge >= 0.3 is 0 Å². The Morgan fingerprint density at radius 2 is 2.05 bits per heavy atom. The van der Waals surface area contributed by atoms with E-state index in [4.69, 9.17) is 5.73 Å². The van der Waals surface area contributed by atoms with E-state index < -0.39 is 15.9 Å². The van der Waals surface area contributed by atoms with Gasteiger partial charge < -0.3 is 11.1 Å². The van der Waals surface area contributed by atoms with Crippen LogP contribution in [0.25, 0.3) is 0 Å². The number of primary amides is 1. The molecule has 6 nitrogen and oxygen atoms in total. The lowest BCUT2D eigenvalue weighted by molar-refractivity contribution is 0.1000. The highest BCUT2D eigenvalue weighted by molar-refractivity contribution is 9.10. The van der Waals surface area contributed by atoms with Crippen molar-refractivity contribution in [2.45, 2.75) is 17.9 Å². The van der Waals surface area contributed by atoms with Crippen LogP contribution in [0.3, 0.4) is 0 Å². The summed E-state index contributed by atoms with van der Waals surface area (Å²) in [5, 5.41) is 2.92. The van der Waals surface area contributed by atoms with Gasteiger partial charge in [0.25, 0.3) is 0 Å². The Kier molecular flexibility index (Phi) is 5.48. The third-order valence-electron chi connectivity index (χ3n) is 2.54. The smallest absolute Gasteiger partial charge is 0.248 e. The van der Waals surface area contributed by atoms with Gasteiger partial charge in [0, 0.05) is 22.6 Å². The number of sulfonamides is 1. The molecular weight excluding hydrogens is 334 g/mol. The molecule has 4 N–H and O–H groups in total. The molecule has 8 heteroatoms. The normalized spacial score (nSPS) is 13.2. The van der Waals surface area contributed by atoms with Gasteiger partial charge in [-0.25, -0.2) is 13.1 Å². The molecule has 1 atom stereocenters. The molecule has 1 aromatic rings. The third-order valence-corrected chi connectivity index (χ3v) is 4.40. The van der Waals surface area contributed by atoms with E-state index in [-0.39, 0.29) is 23.0 Å². The predicted octanol–water partition coefficient (Wildman–Crippen LogP) is 0.434. The van der Waals surface area contributed by atoms with E-state index in [2.05, 4.69) is 26.0 Å². The summed E-state index contributed by atoms with van der Waals surface area (Å²) in [6, 6.07) is 4.13. The summed E-state index contributed by atoms with van der Waals surface area (Å²) in [4.78, 5) is 11.1. The fraction of sp³-hybridized carbons (Fsp3) is 0.364. The molecular formula is C11H16BrN3O3S. The van der Waals surface area contributed by atoms with Crippen molar-refractivity contribution in [3.63, 3.8) is 0 Å². The summed E-state index contributed by atoms with van der Waals surface area (Å²) in [7, 11) is -1.93. The quantitative estimate of drug-likeness (QED) is 0.693. The summed E-state index contributed by atoms with van der Waals surface area (Å²) in [5.74, 6) is -0.679. The molecule has 0 saturated carbocycles. The third kappa shape index (κ3) is 4.57. The molecule has 0 heterocycles. The highest BCUT2D eigenvalue weighted by Crippen LogP contribution is 2.19. The monoisotopic (exact) mass is 349 g/mol. The van der Waals surface area contributed by atoms with E-state index >= 15 is 0 Å². The van der Waals surface area contributed by atoms with E-state index in [1.54, 1.807) is 7.05 Å². The maximum Gasteiger partial charge on any atom is 0.248 e. The summed E-state index contributed by atoms with van der Waals surface area (Å²) in [6.07, 6.45) is 0. The minimum Gasteiger partial charge on any atom is -0.366 e. The number of halogens is 1. The van der Waals surface area contributed by atoms with Crippen molar-refractivity contribution < 1.29 is 13.2 Å². The largest absolute Gasteiger partial charge is 0.366 e. The predicted molar refractivity (Wildman–Crippen MR) is 76.4 cm³/mol. The number of nitrogens with two attached hydrogens (primary N) is 1. The van der Waals surface area contributed by atoms with E-state index in [0.29, 0.717) is 4.47 Å². The molecule has 0 aliphatic carbocycles. The van der Waals surface area contributed by atoms with Gasteiger partial charge in [0.05, 0.1) is 4.90 Å². The van der Waals surface area contributed by atoms with Crippen LogP contribution in [-0.2, 0) is 10.0 Å². The molecule has 106 valence electrons. The van der Waals surface area contributed by atoms with Crippen molar-refractivity contribution in [1.29, 1.82) is 0 Å². The molecule has 1 amide bonds. The van der Waals surface area contributed by atoms with Crippen LogP contribution in [0, 0.1) is 0 Å². The fourth-order valence-corrected chi connectivity index (χ4v) is 3.13. The number of nitrogens with one attached hydrogen (secondary N) is 2. The SMILES string of the molecule is CNC(C)CNS(=O)(=O)c1cc(Br)cc(C(N)=O)c1. The average molecular weight is 350 g/mol. The van der Waals surface area contributed by atoms with Crippen molar-refractivity contribution >= 4 is 31.9 Å². The Labute approximate surface area is 120 Å². The van der Waals surface area contributed by atoms with Gasteiger partial charge in [0.1, 0.15) is 0 Å². The first-order valence-electron chi connectivity index (χ1n) is 5.53. The number of carbonyl (C=O) groups is 1. The van der Waals surface area contributed by atoms with Crippen molar-refractivity contribution in [2.75, 3.05) is 13.6 Å². The molecule has 1 rings (SSSR count). The van der Waals surface area contributed by atoms with Crippen LogP contribution >= 0.6 is 15.9 Å². The zero-order valence-electron chi connectivity index (χ0n) is 10.6. The highest BCUT2D eigenvalue weighted by atomic mass is 79.9. The molecule has 1 aromatic carbocycles. The number of hydrogen-bond donors (Lipinski definition) is 3. The van der Waals surface area contributed by atoms with Crippen molar-refractivity contribution in [3.05, 3.63) is 28.2 Å². The molecule has 19 heavy (non-hydrogen) atoms. The maximum atomic E-state index is 12.1. The van der Waals surface area contributed by atoms with Crippen molar-refractivity contribution in [1.82, 2.24) is 10.0 Å². The molecule has 1 unspecified atom stereocenters. The van der Waals surface area contributed by atoms with E-state index in [0.717, 1.165) is 0 Å². The van der Waals surface area contributed by atoms with Crippen LogP contribution in [0.1, 0.15) is 17.3 Å². The first kappa shape index (κ1) is 16.1. The lowest BCUT2D eigenvalue weighted by Gasteiger charge is -2.12. The highest BCUT2D eigenvalue weighted by Gasteiger charge is 2.17. The number of likely N-dealkylation sites (N-methyl/N-ethyl adjacent to an activating group) is 1. The average Bonchev–Trinajstić information content (AvgIpc) is 2.35. The topological polar surface area (TPSA) is 101 Å². The van der Waals surface area contributed by atoms with Gasteiger partial charge in [-0.1, -0.05) is 15.9 Å². The van der Waals surface area contributed by atoms with Crippen LogP contribution in [0.15, 0.2) is 27.6 Å². The summed E-state index contributed by atoms with van der Waals surface area (Å²) in [5.41, 5.74) is 5.29. The van der Waals surface area contributed by atoms with E-state index in [9.17, 15) is 13.2 Å². The molecule has 0 spiro atoms. The van der Waals surface area contributed by atoms with Gasteiger partial charge in [0.15, 0.2) is 0 Å². The molecule has 0 aliphatic heterocycles.